The Morgan fingerprint density at radius 2 is 0.625 bits per heavy atom. The second-order valence-electron chi connectivity index (χ2n) is 16.0. The summed E-state index contributed by atoms with van der Waals surface area (Å²) in [5.41, 5.74) is 9.16. The Labute approximate surface area is 283 Å². The van der Waals surface area contributed by atoms with Gasteiger partial charge in [-0.1, -0.05) is 152 Å². The van der Waals surface area contributed by atoms with E-state index in [2.05, 4.69) is 132 Å². The van der Waals surface area contributed by atoms with Crippen LogP contribution in [-0.4, -0.2) is 12.2 Å². The molecule has 10 aliphatic carbocycles. The number of rotatable bonds is 0. The Balaban J connectivity index is 1.15. The van der Waals surface area contributed by atoms with Gasteiger partial charge in [0.2, 0.25) is 0 Å². The SMILES string of the molecule is C1#CC2=C(C#CC3=C(C#CC4=C(C#CC5=C1C1C=CC5O1)C15C=CC=CC41CCC5)C14C=CC=CC31CCC4)C13C=CC=CC21CCC3. The fourth-order valence-electron chi connectivity index (χ4n) is 12.6. The average molecular weight is 615 g/mol. The van der Waals surface area contributed by atoms with E-state index in [0.29, 0.717) is 0 Å². The van der Waals surface area contributed by atoms with Crippen molar-refractivity contribution in [3.63, 3.8) is 0 Å². The van der Waals surface area contributed by atoms with Crippen LogP contribution >= 0.6 is 0 Å². The van der Waals surface area contributed by atoms with Gasteiger partial charge >= 0.3 is 0 Å². The second-order valence-corrected chi connectivity index (χ2v) is 16.0. The lowest BCUT2D eigenvalue weighted by atomic mass is 9.45. The second kappa shape index (κ2) is 8.31. The highest BCUT2D eigenvalue weighted by Crippen LogP contribution is 2.74. The predicted octanol–water partition coefficient (Wildman–Crippen LogP) is 8.43. The molecule has 0 amide bonds. The molecule has 1 nitrogen and oxygen atoms in total. The van der Waals surface area contributed by atoms with Crippen LogP contribution in [0.1, 0.15) is 57.8 Å². The van der Waals surface area contributed by atoms with Crippen molar-refractivity contribution in [3.05, 3.63) is 130 Å². The summed E-state index contributed by atoms with van der Waals surface area (Å²) in [4.78, 5) is 0. The molecule has 2 heterocycles. The van der Waals surface area contributed by atoms with E-state index in [1.807, 2.05) is 0 Å². The largest absolute Gasteiger partial charge is 0.356 e. The van der Waals surface area contributed by atoms with Gasteiger partial charge in [0, 0.05) is 77.1 Å². The molecule has 0 radical (unpaired) electrons. The fourth-order valence-corrected chi connectivity index (χ4v) is 12.6. The van der Waals surface area contributed by atoms with E-state index in [4.69, 9.17) is 4.74 Å². The van der Waals surface area contributed by atoms with Gasteiger partial charge in [0.15, 0.2) is 0 Å². The molecule has 8 atom stereocenters. The first kappa shape index (κ1) is 26.3. The highest BCUT2D eigenvalue weighted by atomic mass is 16.5. The van der Waals surface area contributed by atoms with Gasteiger partial charge < -0.3 is 4.74 Å². The average Bonchev–Trinajstić information content (AvgIpc) is 3.91. The molecular weight excluding hydrogens is 581 g/mol. The highest BCUT2D eigenvalue weighted by Gasteiger charge is 2.67. The first-order chi connectivity index (χ1) is 23.6. The first-order valence-corrected chi connectivity index (χ1v) is 18.2. The lowest BCUT2D eigenvalue weighted by molar-refractivity contribution is 0.131. The summed E-state index contributed by atoms with van der Waals surface area (Å²) in [5.74, 6) is 30.4. The van der Waals surface area contributed by atoms with Crippen molar-refractivity contribution in [3.8, 4) is 47.4 Å². The molecule has 0 saturated heterocycles. The van der Waals surface area contributed by atoms with Gasteiger partial charge in [-0.2, -0.15) is 0 Å². The minimum Gasteiger partial charge on any atom is -0.356 e. The van der Waals surface area contributed by atoms with E-state index < -0.39 is 0 Å². The molecule has 0 aromatic heterocycles. The zero-order valence-electron chi connectivity index (χ0n) is 27.0. The third kappa shape index (κ3) is 2.55. The van der Waals surface area contributed by atoms with Crippen LogP contribution < -0.4 is 0 Å². The summed E-state index contributed by atoms with van der Waals surface area (Å²) in [7, 11) is 0. The van der Waals surface area contributed by atoms with Gasteiger partial charge in [-0.15, -0.1) is 0 Å². The van der Waals surface area contributed by atoms with Crippen molar-refractivity contribution in [2.24, 2.45) is 32.5 Å². The smallest absolute Gasteiger partial charge is 0.111 e. The van der Waals surface area contributed by atoms with Crippen LogP contribution in [0, 0.1) is 79.9 Å². The Morgan fingerprint density at radius 1 is 0.375 bits per heavy atom. The van der Waals surface area contributed by atoms with Crippen LogP contribution in [0.4, 0.5) is 0 Å². The Hall–Kier alpha value is -4.66. The minimum atomic E-state index is -0.118. The topological polar surface area (TPSA) is 9.23 Å². The van der Waals surface area contributed by atoms with Crippen LogP contribution in [0.5, 0.6) is 0 Å². The molecule has 0 spiro atoms. The van der Waals surface area contributed by atoms with Gasteiger partial charge in [0.05, 0.1) is 0 Å². The van der Waals surface area contributed by atoms with Gasteiger partial charge in [-0.25, -0.2) is 0 Å². The summed E-state index contributed by atoms with van der Waals surface area (Å²) in [5, 5.41) is 0. The third-order valence-corrected chi connectivity index (χ3v) is 14.7. The van der Waals surface area contributed by atoms with Gasteiger partial charge in [0.1, 0.15) is 12.2 Å². The number of hydrogen-bond acceptors (Lipinski definition) is 1. The number of fused-ring (bicyclic) bond motifs is 4. The molecule has 3 saturated carbocycles. The van der Waals surface area contributed by atoms with Crippen molar-refractivity contribution in [1.29, 1.82) is 0 Å². The first-order valence-electron chi connectivity index (χ1n) is 18.2. The lowest BCUT2D eigenvalue weighted by Crippen LogP contribution is -2.49. The molecule has 1 heteroatoms. The standard InChI is InChI=1S/C47H34O/c1-3-22-44-28-7-26-42(44,20-1)34-12-10-32-33(41-19-18-40(32)48-41)11-13-35-37(45-23-4-2-21-43(35,45)27-8-29-45)15-17-39-38(16-14-36(34)44)46-24-5-6-25-47(39,46)31-9-30-46/h1-6,18-25,40-41H,7-9,26-31H2. The van der Waals surface area contributed by atoms with Crippen LogP contribution in [0.2, 0.25) is 0 Å². The van der Waals surface area contributed by atoms with Crippen molar-refractivity contribution in [2.45, 2.75) is 70.0 Å². The molecule has 12 aliphatic rings. The summed E-state index contributed by atoms with van der Waals surface area (Å²) in [6.45, 7) is 0. The molecule has 0 aromatic rings. The molecule has 48 heavy (non-hydrogen) atoms. The third-order valence-electron chi connectivity index (χ3n) is 14.7. The van der Waals surface area contributed by atoms with Crippen molar-refractivity contribution >= 4 is 0 Å². The number of hydrogen-bond donors (Lipinski definition) is 0. The Morgan fingerprint density at radius 3 is 0.896 bits per heavy atom. The van der Waals surface area contributed by atoms with E-state index in [1.54, 1.807) is 0 Å². The maximum Gasteiger partial charge on any atom is 0.111 e. The number of allylic oxidation sites excluding steroid dienone is 18. The van der Waals surface area contributed by atoms with Gasteiger partial charge in [0.25, 0.3) is 0 Å². The quantitative estimate of drug-likeness (QED) is 0.197. The molecule has 0 N–H and O–H groups in total. The van der Waals surface area contributed by atoms with E-state index in [1.165, 1.54) is 52.7 Å². The molecule has 3 fully saturated rings. The van der Waals surface area contributed by atoms with Crippen molar-refractivity contribution in [2.75, 3.05) is 0 Å². The molecule has 228 valence electrons. The molecule has 0 aromatic carbocycles. The summed E-state index contributed by atoms with van der Waals surface area (Å²) < 4.78 is 6.39. The maximum atomic E-state index is 6.39. The van der Waals surface area contributed by atoms with Crippen molar-refractivity contribution in [1.82, 2.24) is 0 Å². The van der Waals surface area contributed by atoms with Crippen LogP contribution in [0.15, 0.2) is 130 Å². The normalized spacial score (nSPS) is 45.5. The van der Waals surface area contributed by atoms with Crippen LogP contribution in [0.25, 0.3) is 0 Å². The zero-order valence-corrected chi connectivity index (χ0v) is 27.0. The minimum absolute atomic E-state index is 0.0426. The summed E-state index contributed by atoms with van der Waals surface area (Å²) in [6.07, 6.45) is 42.5. The van der Waals surface area contributed by atoms with Gasteiger partial charge in [-0.05, 0) is 38.5 Å². The van der Waals surface area contributed by atoms with Crippen LogP contribution in [0.3, 0.4) is 0 Å². The van der Waals surface area contributed by atoms with Crippen molar-refractivity contribution < 1.29 is 4.74 Å². The Kier molecular flexibility index (Phi) is 4.55. The predicted molar refractivity (Wildman–Crippen MR) is 188 cm³/mol. The zero-order chi connectivity index (χ0) is 31.4. The van der Waals surface area contributed by atoms with E-state index in [-0.39, 0.29) is 44.7 Å². The van der Waals surface area contributed by atoms with Gasteiger partial charge in [-0.3, -0.25) is 0 Å². The number of ether oxygens (including phenoxy) is 1. The van der Waals surface area contributed by atoms with E-state index >= 15 is 0 Å². The molecule has 2 aliphatic heterocycles. The fraction of sp³-hybridized carbons (Fsp3) is 0.362. The molecule has 12 rings (SSSR count). The maximum absolute atomic E-state index is 6.39. The van der Waals surface area contributed by atoms with E-state index in [9.17, 15) is 0 Å². The highest BCUT2D eigenvalue weighted by molar-refractivity contribution is 5.76. The summed E-state index contributed by atoms with van der Waals surface area (Å²) in [6, 6.07) is 0. The van der Waals surface area contributed by atoms with E-state index in [0.717, 1.165) is 49.7 Å². The monoisotopic (exact) mass is 614 g/mol. The molecule has 2 bridgehead atoms. The Bertz CT molecular complexity index is 2190. The molecular formula is C47H34O. The van der Waals surface area contributed by atoms with Crippen LogP contribution in [-0.2, 0) is 4.74 Å². The summed E-state index contributed by atoms with van der Waals surface area (Å²) >= 11 is 0. The molecule has 8 unspecified atom stereocenters. The lowest BCUT2D eigenvalue weighted by Gasteiger charge is -2.55.